The molecule has 0 heterocycles. The molecule has 6 nitrogen and oxygen atoms in total. The van der Waals surface area contributed by atoms with Gasteiger partial charge in [0.15, 0.2) is 0 Å². The Bertz CT molecular complexity index is 578. The number of alkyl halides is 3. The van der Waals surface area contributed by atoms with Crippen LogP contribution in [-0.2, 0) is 0 Å². The van der Waals surface area contributed by atoms with Gasteiger partial charge in [-0.05, 0) is 32.1 Å². The molecule has 0 spiro atoms. The van der Waals surface area contributed by atoms with Crippen molar-refractivity contribution in [2.45, 2.75) is 12.6 Å². The maximum Gasteiger partial charge on any atom is 0.401 e. The van der Waals surface area contributed by atoms with Gasteiger partial charge in [-0.1, -0.05) is 0 Å². The number of nitro groups is 1. The summed E-state index contributed by atoms with van der Waals surface area (Å²) >= 11 is 0. The van der Waals surface area contributed by atoms with Crippen LogP contribution in [0.2, 0.25) is 0 Å². The van der Waals surface area contributed by atoms with Crippen LogP contribution in [0.15, 0.2) is 18.2 Å². The molecular formula is C13H15F4N3O3. The summed E-state index contributed by atoms with van der Waals surface area (Å²) in [6.45, 7) is -0.831. The minimum atomic E-state index is -4.28. The predicted molar refractivity (Wildman–Crippen MR) is 73.6 cm³/mol. The molecule has 0 atom stereocenters. The van der Waals surface area contributed by atoms with Crippen LogP contribution in [0.3, 0.4) is 0 Å². The number of hydrogen-bond donors (Lipinski definition) is 1. The summed E-state index contributed by atoms with van der Waals surface area (Å²) in [4.78, 5) is 22.3. The van der Waals surface area contributed by atoms with E-state index in [1.54, 1.807) is 0 Å². The standard InChI is InChI=1S/C13H15F4N3O3/c1-19(8-13(15,16)17)6-2-5-18-12(21)9-3-4-11(20(22)23)10(14)7-9/h3-4,7H,2,5-6,8H2,1H3,(H,18,21). The van der Waals surface area contributed by atoms with E-state index in [0.29, 0.717) is 0 Å². The molecule has 128 valence electrons. The molecule has 0 aliphatic heterocycles. The zero-order chi connectivity index (χ0) is 17.6. The van der Waals surface area contributed by atoms with Crippen LogP contribution < -0.4 is 5.32 Å². The third kappa shape index (κ3) is 6.59. The molecule has 0 aliphatic carbocycles. The Labute approximate surface area is 129 Å². The van der Waals surface area contributed by atoms with E-state index in [-0.39, 0.29) is 25.1 Å². The number of halogens is 4. The topological polar surface area (TPSA) is 75.5 Å². The highest BCUT2D eigenvalue weighted by Gasteiger charge is 2.28. The van der Waals surface area contributed by atoms with Crippen LogP contribution in [0.4, 0.5) is 23.2 Å². The molecule has 0 bridgehead atoms. The molecule has 1 amide bonds. The second-order valence-electron chi connectivity index (χ2n) is 4.89. The first-order chi connectivity index (χ1) is 10.6. The summed E-state index contributed by atoms with van der Waals surface area (Å²) in [6.07, 6.45) is -4.01. The fourth-order valence-electron chi connectivity index (χ4n) is 1.83. The molecule has 1 aromatic rings. The lowest BCUT2D eigenvalue weighted by atomic mass is 10.2. The van der Waals surface area contributed by atoms with Gasteiger partial charge in [-0.3, -0.25) is 19.8 Å². The number of hydrogen-bond acceptors (Lipinski definition) is 4. The van der Waals surface area contributed by atoms with Crippen molar-refractivity contribution in [3.8, 4) is 0 Å². The molecule has 0 saturated carbocycles. The molecule has 1 N–H and O–H groups in total. The highest BCUT2D eigenvalue weighted by Crippen LogP contribution is 2.18. The van der Waals surface area contributed by atoms with Crippen molar-refractivity contribution in [3.05, 3.63) is 39.7 Å². The van der Waals surface area contributed by atoms with Gasteiger partial charge in [0.25, 0.3) is 5.91 Å². The van der Waals surface area contributed by atoms with Gasteiger partial charge >= 0.3 is 11.9 Å². The molecule has 1 aromatic carbocycles. The zero-order valence-corrected chi connectivity index (χ0v) is 12.2. The Hall–Kier alpha value is -2.23. The van der Waals surface area contributed by atoms with Crippen LogP contribution in [-0.4, -0.2) is 48.6 Å². The zero-order valence-electron chi connectivity index (χ0n) is 12.2. The first kappa shape index (κ1) is 18.8. The van der Waals surface area contributed by atoms with E-state index in [1.807, 2.05) is 0 Å². The minimum Gasteiger partial charge on any atom is -0.352 e. The lowest BCUT2D eigenvalue weighted by Gasteiger charge is -2.18. The number of nitrogens with one attached hydrogen (secondary N) is 1. The highest BCUT2D eigenvalue weighted by atomic mass is 19.4. The van der Waals surface area contributed by atoms with E-state index in [4.69, 9.17) is 0 Å². The Kier molecular flexibility index (Phi) is 6.43. The van der Waals surface area contributed by atoms with Crippen LogP contribution in [0.5, 0.6) is 0 Å². The third-order valence-corrected chi connectivity index (χ3v) is 2.86. The van der Waals surface area contributed by atoms with Gasteiger partial charge in [0.05, 0.1) is 11.5 Å². The monoisotopic (exact) mass is 337 g/mol. The van der Waals surface area contributed by atoms with Gasteiger partial charge < -0.3 is 5.32 Å². The third-order valence-electron chi connectivity index (χ3n) is 2.86. The number of carbonyl (C=O) groups excluding carboxylic acids is 1. The molecule has 0 aliphatic rings. The van der Waals surface area contributed by atoms with E-state index in [0.717, 1.165) is 23.1 Å². The normalized spacial score (nSPS) is 11.6. The fraction of sp³-hybridized carbons (Fsp3) is 0.462. The number of nitrogens with zero attached hydrogens (tertiary/aromatic N) is 2. The highest BCUT2D eigenvalue weighted by molar-refractivity contribution is 5.94. The summed E-state index contributed by atoms with van der Waals surface area (Å²) in [5, 5.41) is 12.9. The van der Waals surface area contributed by atoms with Crippen molar-refractivity contribution in [3.63, 3.8) is 0 Å². The minimum absolute atomic E-state index is 0.0969. The summed E-state index contributed by atoms with van der Waals surface area (Å²) in [6, 6.07) is 2.72. The number of nitro benzene ring substituents is 1. The van der Waals surface area contributed by atoms with Crippen LogP contribution in [0, 0.1) is 15.9 Å². The van der Waals surface area contributed by atoms with Crippen molar-refractivity contribution < 1.29 is 27.3 Å². The second-order valence-corrected chi connectivity index (χ2v) is 4.89. The van der Waals surface area contributed by atoms with E-state index < -0.39 is 35.1 Å². The predicted octanol–water partition coefficient (Wildman–Crippen LogP) is 2.35. The van der Waals surface area contributed by atoms with Gasteiger partial charge in [0.1, 0.15) is 0 Å². The number of benzene rings is 1. The van der Waals surface area contributed by atoms with E-state index in [2.05, 4.69) is 5.32 Å². The van der Waals surface area contributed by atoms with E-state index in [1.165, 1.54) is 7.05 Å². The van der Waals surface area contributed by atoms with E-state index >= 15 is 0 Å². The second kappa shape index (κ2) is 7.86. The molecule has 0 fully saturated rings. The molecule has 1 rings (SSSR count). The SMILES string of the molecule is CN(CCCNC(=O)c1ccc([N+](=O)[O-])c(F)c1)CC(F)(F)F. The summed E-state index contributed by atoms with van der Waals surface area (Å²) in [7, 11) is 1.31. The maximum atomic E-state index is 13.4. The lowest BCUT2D eigenvalue weighted by Crippen LogP contribution is -2.33. The van der Waals surface area contributed by atoms with Gasteiger partial charge in [-0.2, -0.15) is 17.6 Å². The largest absolute Gasteiger partial charge is 0.401 e. The molecular weight excluding hydrogens is 322 g/mol. The Balaban J connectivity index is 2.43. The summed E-state index contributed by atoms with van der Waals surface area (Å²) in [5.41, 5.74) is -0.841. The van der Waals surface area contributed by atoms with Crippen LogP contribution in [0.25, 0.3) is 0 Å². The van der Waals surface area contributed by atoms with Crippen molar-refractivity contribution in [1.82, 2.24) is 10.2 Å². The van der Waals surface area contributed by atoms with Crippen molar-refractivity contribution in [2.75, 3.05) is 26.7 Å². The van der Waals surface area contributed by atoms with E-state index in [9.17, 15) is 32.5 Å². The Morgan fingerprint density at radius 1 is 1.39 bits per heavy atom. The first-order valence-corrected chi connectivity index (χ1v) is 6.57. The smallest absolute Gasteiger partial charge is 0.352 e. The lowest BCUT2D eigenvalue weighted by molar-refractivity contribution is -0.387. The molecule has 0 aromatic heterocycles. The van der Waals surface area contributed by atoms with Crippen LogP contribution in [0.1, 0.15) is 16.8 Å². The van der Waals surface area contributed by atoms with Crippen molar-refractivity contribution in [1.29, 1.82) is 0 Å². The first-order valence-electron chi connectivity index (χ1n) is 6.57. The quantitative estimate of drug-likeness (QED) is 0.359. The number of rotatable bonds is 7. The maximum absolute atomic E-state index is 13.4. The molecule has 10 heteroatoms. The summed E-state index contributed by atoms with van der Waals surface area (Å²) in [5.74, 6) is -1.79. The van der Waals surface area contributed by atoms with Crippen molar-refractivity contribution >= 4 is 11.6 Å². The number of carbonyl (C=O) groups is 1. The van der Waals surface area contributed by atoms with Gasteiger partial charge in [0.2, 0.25) is 5.82 Å². The average molecular weight is 337 g/mol. The van der Waals surface area contributed by atoms with Gasteiger partial charge in [-0.15, -0.1) is 0 Å². The number of amides is 1. The van der Waals surface area contributed by atoms with Crippen LogP contribution >= 0.6 is 0 Å². The molecule has 0 unspecified atom stereocenters. The molecule has 0 radical (unpaired) electrons. The fourth-order valence-corrected chi connectivity index (χ4v) is 1.83. The van der Waals surface area contributed by atoms with Gasteiger partial charge in [0, 0.05) is 18.2 Å². The van der Waals surface area contributed by atoms with Gasteiger partial charge in [-0.25, -0.2) is 0 Å². The Morgan fingerprint density at radius 3 is 2.57 bits per heavy atom. The average Bonchev–Trinajstić information content (AvgIpc) is 2.40. The van der Waals surface area contributed by atoms with Crippen molar-refractivity contribution in [2.24, 2.45) is 0 Å². The molecule has 23 heavy (non-hydrogen) atoms. The Morgan fingerprint density at radius 2 is 2.04 bits per heavy atom. The molecule has 0 saturated heterocycles. The summed E-state index contributed by atoms with van der Waals surface area (Å²) < 4.78 is 49.7.